The third-order valence-corrected chi connectivity index (χ3v) is 5.66. The number of anilines is 1. The predicted octanol–water partition coefficient (Wildman–Crippen LogP) is 1.11. The number of amides is 2. The molecule has 2 fully saturated rings. The van der Waals surface area contributed by atoms with E-state index in [1.54, 1.807) is 16.0 Å². The first kappa shape index (κ1) is 19.3. The Bertz CT molecular complexity index is 933. The Labute approximate surface area is 169 Å². The number of likely N-dealkylation sites (tertiary alicyclic amines) is 1. The number of aromatic nitrogens is 2. The topological polar surface area (TPSA) is 87.7 Å². The van der Waals surface area contributed by atoms with E-state index in [0.717, 1.165) is 5.56 Å². The maximum Gasteiger partial charge on any atom is 0.257 e. The van der Waals surface area contributed by atoms with Crippen LogP contribution in [0.2, 0.25) is 0 Å². The molecule has 2 atom stereocenters. The first-order chi connectivity index (χ1) is 13.9. The molecule has 152 valence electrons. The van der Waals surface area contributed by atoms with Crippen LogP contribution in [0.25, 0.3) is 0 Å². The minimum Gasteiger partial charge on any atom is -0.364 e. The molecule has 29 heavy (non-hydrogen) atoms. The van der Waals surface area contributed by atoms with Gasteiger partial charge in [0.1, 0.15) is 12.7 Å². The van der Waals surface area contributed by atoms with E-state index in [2.05, 4.69) is 15.3 Å². The Morgan fingerprint density at radius 3 is 2.76 bits per heavy atom. The van der Waals surface area contributed by atoms with Crippen LogP contribution < -0.4 is 10.2 Å². The summed E-state index contributed by atoms with van der Waals surface area (Å²) in [5.41, 5.74) is 1.52. The fraction of sp³-hybridized carbons (Fsp3) is 0.429. The van der Waals surface area contributed by atoms with Gasteiger partial charge in [0.15, 0.2) is 0 Å². The third kappa shape index (κ3) is 3.44. The highest BCUT2D eigenvalue weighted by atomic mass is 16.5. The van der Waals surface area contributed by atoms with Crippen molar-refractivity contribution in [1.82, 2.24) is 20.2 Å². The molecule has 0 spiro atoms. The molecule has 2 aliphatic heterocycles. The number of morpholine rings is 1. The standard InChI is InChI=1S/C21H25N5O3/c1-14-16(11-22-20(23-14)25(2)3)19(28)26-10-9-21(15-7-5-4-6-8-15)17(12-26)29-13-18(27)24-21/h4-8,11,17H,9-10,12-13H2,1-3H3,(H,24,27)/t17-,21+/m1/s1. The monoisotopic (exact) mass is 395 g/mol. The molecule has 2 amide bonds. The van der Waals surface area contributed by atoms with Crippen LogP contribution in [-0.2, 0) is 15.1 Å². The molecule has 8 heteroatoms. The highest BCUT2D eigenvalue weighted by Crippen LogP contribution is 2.37. The van der Waals surface area contributed by atoms with Crippen LogP contribution in [0.1, 0.15) is 28.0 Å². The van der Waals surface area contributed by atoms with Gasteiger partial charge in [0.05, 0.1) is 16.8 Å². The Morgan fingerprint density at radius 1 is 1.31 bits per heavy atom. The lowest BCUT2D eigenvalue weighted by Gasteiger charge is -2.50. The zero-order valence-electron chi connectivity index (χ0n) is 16.9. The Morgan fingerprint density at radius 2 is 2.07 bits per heavy atom. The normalized spacial score (nSPS) is 23.9. The van der Waals surface area contributed by atoms with Crippen LogP contribution in [-0.4, -0.2) is 66.6 Å². The summed E-state index contributed by atoms with van der Waals surface area (Å²) in [6.45, 7) is 2.71. The summed E-state index contributed by atoms with van der Waals surface area (Å²) in [6, 6.07) is 9.84. The van der Waals surface area contributed by atoms with E-state index in [0.29, 0.717) is 36.7 Å². The number of benzene rings is 1. The van der Waals surface area contributed by atoms with Gasteiger partial charge >= 0.3 is 0 Å². The van der Waals surface area contributed by atoms with Gasteiger partial charge in [0.25, 0.3) is 5.91 Å². The summed E-state index contributed by atoms with van der Waals surface area (Å²) >= 11 is 0. The van der Waals surface area contributed by atoms with Crippen molar-refractivity contribution in [3.63, 3.8) is 0 Å². The first-order valence-corrected chi connectivity index (χ1v) is 9.69. The van der Waals surface area contributed by atoms with E-state index < -0.39 is 5.54 Å². The first-order valence-electron chi connectivity index (χ1n) is 9.69. The number of aryl methyl sites for hydroxylation is 1. The second kappa shape index (κ2) is 7.44. The highest BCUT2D eigenvalue weighted by molar-refractivity contribution is 5.95. The zero-order valence-corrected chi connectivity index (χ0v) is 16.9. The van der Waals surface area contributed by atoms with Crippen molar-refractivity contribution < 1.29 is 14.3 Å². The minimum atomic E-state index is -0.617. The van der Waals surface area contributed by atoms with E-state index in [1.807, 2.05) is 51.4 Å². The lowest BCUT2D eigenvalue weighted by Crippen LogP contribution is -2.67. The maximum absolute atomic E-state index is 13.2. The smallest absolute Gasteiger partial charge is 0.257 e. The maximum atomic E-state index is 13.2. The molecule has 8 nitrogen and oxygen atoms in total. The summed E-state index contributed by atoms with van der Waals surface area (Å²) < 4.78 is 5.91. The van der Waals surface area contributed by atoms with E-state index >= 15 is 0 Å². The van der Waals surface area contributed by atoms with Gasteiger partial charge in [-0.3, -0.25) is 9.59 Å². The molecule has 2 saturated heterocycles. The van der Waals surface area contributed by atoms with Crippen LogP contribution in [0.15, 0.2) is 36.5 Å². The number of piperidine rings is 1. The number of hydrogen-bond acceptors (Lipinski definition) is 6. The van der Waals surface area contributed by atoms with Gasteiger partial charge in [-0.05, 0) is 18.9 Å². The molecule has 2 aromatic rings. The quantitative estimate of drug-likeness (QED) is 0.838. The van der Waals surface area contributed by atoms with Crippen molar-refractivity contribution in [2.75, 3.05) is 38.7 Å². The van der Waals surface area contributed by atoms with Gasteiger partial charge < -0.3 is 19.9 Å². The van der Waals surface area contributed by atoms with E-state index in [-0.39, 0.29) is 24.5 Å². The number of hydrogen-bond donors (Lipinski definition) is 1. The largest absolute Gasteiger partial charge is 0.364 e. The molecule has 0 aliphatic carbocycles. The molecule has 1 N–H and O–H groups in total. The van der Waals surface area contributed by atoms with Crippen molar-refractivity contribution >= 4 is 17.8 Å². The average molecular weight is 395 g/mol. The minimum absolute atomic E-state index is 0.000944. The van der Waals surface area contributed by atoms with Crippen LogP contribution in [0, 0.1) is 6.92 Å². The fourth-order valence-electron chi connectivity index (χ4n) is 4.09. The Kier molecular flexibility index (Phi) is 4.96. The number of rotatable bonds is 3. The number of ether oxygens (including phenoxy) is 1. The molecule has 1 aromatic carbocycles. The molecular weight excluding hydrogens is 370 g/mol. The average Bonchev–Trinajstić information content (AvgIpc) is 2.73. The van der Waals surface area contributed by atoms with Crippen molar-refractivity contribution in [2.45, 2.75) is 25.0 Å². The van der Waals surface area contributed by atoms with Crippen LogP contribution in [0.3, 0.4) is 0 Å². The van der Waals surface area contributed by atoms with Crippen molar-refractivity contribution in [3.05, 3.63) is 53.3 Å². The summed E-state index contributed by atoms with van der Waals surface area (Å²) in [5, 5.41) is 3.15. The molecule has 1 aromatic heterocycles. The Hall–Kier alpha value is -3.00. The second-order valence-electron chi connectivity index (χ2n) is 7.75. The lowest BCUT2D eigenvalue weighted by molar-refractivity contribution is -0.150. The van der Waals surface area contributed by atoms with Crippen LogP contribution >= 0.6 is 0 Å². The third-order valence-electron chi connectivity index (χ3n) is 5.66. The number of fused-ring (bicyclic) bond motifs is 1. The summed E-state index contributed by atoms with van der Waals surface area (Å²) in [4.78, 5) is 37.6. The van der Waals surface area contributed by atoms with Gasteiger partial charge in [0, 0.05) is 33.4 Å². The summed E-state index contributed by atoms with van der Waals surface area (Å²) in [5.74, 6) is 0.322. The summed E-state index contributed by atoms with van der Waals surface area (Å²) in [6.07, 6.45) is 1.85. The van der Waals surface area contributed by atoms with E-state index in [1.165, 1.54) is 0 Å². The van der Waals surface area contributed by atoms with Gasteiger partial charge in [-0.1, -0.05) is 30.3 Å². The number of nitrogens with zero attached hydrogens (tertiary/aromatic N) is 4. The van der Waals surface area contributed by atoms with Crippen molar-refractivity contribution in [3.8, 4) is 0 Å². The van der Waals surface area contributed by atoms with Gasteiger partial charge in [0.2, 0.25) is 11.9 Å². The summed E-state index contributed by atoms with van der Waals surface area (Å²) in [7, 11) is 3.72. The SMILES string of the molecule is Cc1nc(N(C)C)ncc1C(=O)N1CC[C@@]2(c3ccccc3)NC(=O)CO[C@@H]2C1. The van der Waals surface area contributed by atoms with Crippen molar-refractivity contribution in [2.24, 2.45) is 0 Å². The molecular formula is C21H25N5O3. The van der Waals surface area contributed by atoms with Gasteiger partial charge in [-0.25, -0.2) is 9.97 Å². The fourth-order valence-corrected chi connectivity index (χ4v) is 4.09. The van der Waals surface area contributed by atoms with E-state index in [4.69, 9.17) is 4.74 Å². The van der Waals surface area contributed by atoms with Crippen molar-refractivity contribution in [1.29, 1.82) is 0 Å². The number of nitrogens with one attached hydrogen (secondary N) is 1. The highest BCUT2D eigenvalue weighted by Gasteiger charge is 2.50. The lowest BCUT2D eigenvalue weighted by atomic mass is 9.77. The van der Waals surface area contributed by atoms with Gasteiger partial charge in [-0.15, -0.1) is 0 Å². The molecule has 0 bridgehead atoms. The molecule has 0 radical (unpaired) electrons. The van der Waals surface area contributed by atoms with Crippen LogP contribution in [0.4, 0.5) is 5.95 Å². The van der Waals surface area contributed by atoms with Crippen LogP contribution in [0.5, 0.6) is 0 Å². The molecule has 2 aliphatic rings. The Balaban J connectivity index is 1.59. The zero-order chi connectivity index (χ0) is 20.6. The van der Waals surface area contributed by atoms with Gasteiger partial charge in [-0.2, -0.15) is 0 Å². The second-order valence-corrected chi connectivity index (χ2v) is 7.75. The number of carbonyl (C=O) groups excluding carboxylic acids is 2. The molecule has 4 rings (SSSR count). The molecule has 3 heterocycles. The molecule has 0 saturated carbocycles. The molecule has 0 unspecified atom stereocenters. The number of carbonyl (C=O) groups is 2. The van der Waals surface area contributed by atoms with E-state index in [9.17, 15) is 9.59 Å². The predicted molar refractivity (Wildman–Crippen MR) is 108 cm³/mol.